The van der Waals surface area contributed by atoms with Crippen LogP contribution in [0, 0.1) is 5.92 Å². The average molecular weight is 348 g/mol. The molecule has 0 saturated carbocycles. The molecule has 0 aromatic carbocycles. The summed E-state index contributed by atoms with van der Waals surface area (Å²) in [6.45, 7) is 5.82. The number of aliphatic hydroxyl groups excluding tert-OH is 2. The Morgan fingerprint density at radius 1 is 0.958 bits per heavy atom. The van der Waals surface area contributed by atoms with E-state index in [1.807, 2.05) is 20.8 Å². The molecule has 9 unspecified atom stereocenters. The van der Waals surface area contributed by atoms with E-state index in [0.717, 1.165) is 0 Å². The van der Waals surface area contributed by atoms with Gasteiger partial charge >= 0.3 is 0 Å². The van der Waals surface area contributed by atoms with Crippen LogP contribution in [0.4, 0.5) is 0 Å². The summed E-state index contributed by atoms with van der Waals surface area (Å²) in [5.74, 6) is -0.218. The Hall–Kier alpha value is -0.280. The van der Waals surface area contributed by atoms with E-state index in [9.17, 15) is 10.2 Å². The number of aliphatic hydroxyl groups is 2. The SMILES string of the molecule is CCC1OC(OC2C(CC)OC(OC)C(C)C2O)CC(O)C1OC. The first-order chi connectivity index (χ1) is 11.5. The largest absolute Gasteiger partial charge is 0.390 e. The van der Waals surface area contributed by atoms with E-state index in [0.29, 0.717) is 19.3 Å². The maximum Gasteiger partial charge on any atom is 0.162 e. The highest BCUT2D eigenvalue weighted by Gasteiger charge is 2.46. The van der Waals surface area contributed by atoms with E-state index in [1.165, 1.54) is 0 Å². The quantitative estimate of drug-likeness (QED) is 0.742. The monoisotopic (exact) mass is 348 g/mol. The lowest BCUT2D eigenvalue weighted by atomic mass is 9.91. The van der Waals surface area contributed by atoms with Crippen LogP contribution in [0.2, 0.25) is 0 Å². The predicted octanol–water partition coefficient (Wildman–Crippen LogP) is 1.05. The van der Waals surface area contributed by atoms with Crippen LogP contribution >= 0.6 is 0 Å². The second kappa shape index (κ2) is 8.89. The maximum absolute atomic E-state index is 10.6. The Morgan fingerprint density at radius 2 is 1.58 bits per heavy atom. The molecule has 0 aliphatic carbocycles. The van der Waals surface area contributed by atoms with Gasteiger partial charge in [0.15, 0.2) is 12.6 Å². The van der Waals surface area contributed by atoms with Crippen LogP contribution in [-0.2, 0) is 23.7 Å². The lowest BCUT2D eigenvalue weighted by Crippen LogP contribution is -2.58. The summed E-state index contributed by atoms with van der Waals surface area (Å²) in [4.78, 5) is 0. The van der Waals surface area contributed by atoms with Gasteiger partial charge in [0.2, 0.25) is 0 Å². The van der Waals surface area contributed by atoms with Crippen molar-refractivity contribution in [3.05, 3.63) is 0 Å². The molecule has 0 spiro atoms. The summed E-state index contributed by atoms with van der Waals surface area (Å²) >= 11 is 0. The molecule has 0 aromatic rings. The normalized spacial score (nSPS) is 46.9. The van der Waals surface area contributed by atoms with Crippen molar-refractivity contribution in [3.63, 3.8) is 0 Å². The van der Waals surface area contributed by atoms with Crippen LogP contribution in [-0.4, -0.2) is 73.6 Å². The fourth-order valence-electron chi connectivity index (χ4n) is 3.63. The smallest absolute Gasteiger partial charge is 0.162 e. The van der Waals surface area contributed by atoms with E-state index in [4.69, 9.17) is 23.7 Å². The number of rotatable bonds is 6. The fourth-order valence-corrected chi connectivity index (χ4v) is 3.63. The van der Waals surface area contributed by atoms with Gasteiger partial charge in [0, 0.05) is 26.6 Å². The van der Waals surface area contributed by atoms with E-state index in [1.54, 1.807) is 14.2 Å². The van der Waals surface area contributed by atoms with Crippen LogP contribution < -0.4 is 0 Å². The number of methoxy groups -OCH3 is 2. The van der Waals surface area contributed by atoms with E-state index in [2.05, 4.69) is 0 Å². The fraction of sp³-hybridized carbons (Fsp3) is 1.00. The van der Waals surface area contributed by atoms with Gasteiger partial charge in [-0.2, -0.15) is 0 Å². The molecule has 7 heteroatoms. The number of hydrogen-bond donors (Lipinski definition) is 2. The molecule has 142 valence electrons. The molecule has 7 nitrogen and oxygen atoms in total. The zero-order chi connectivity index (χ0) is 17.9. The van der Waals surface area contributed by atoms with Gasteiger partial charge in [-0.25, -0.2) is 0 Å². The van der Waals surface area contributed by atoms with Crippen molar-refractivity contribution in [2.75, 3.05) is 14.2 Å². The minimum Gasteiger partial charge on any atom is -0.390 e. The summed E-state index contributed by atoms with van der Waals surface area (Å²) in [7, 11) is 3.14. The third-order valence-electron chi connectivity index (χ3n) is 5.10. The number of ether oxygens (including phenoxy) is 5. The molecule has 0 radical (unpaired) electrons. The molecule has 0 bridgehead atoms. The van der Waals surface area contributed by atoms with Crippen LogP contribution in [0.3, 0.4) is 0 Å². The van der Waals surface area contributed by atoms with Gasteiger partial charge in [-0.1, -0.05) is 20.8 Å². The van der Waals surface area contributed by atoms with E-state index >= 15 is 0 Å². The Morgan fingerprint density at radius 3 is 2.12 bits per heavy atom. The zero-order valence-electron chi connectivity index (χ0n) is 15.3. The van der Waals surface area contributed by atoms with Crippen molar-refractivity contribution >= 4 is 0 Å². The summed E-state index contributed by atoms with van der Waals surface area (Å²) in [5.41, 5.74) is 0. The standard InChI is InChI=1S/C17H32O7/c1-6-11-15(20-4)10(18)8-13(22-11)24-16-12(7-2)23-17(21-5)9(3)14(16)19/h9-19H,6-8H2,1-5H3. The first-order valence-corrected chi connectivity index (χ1v) is 8.84. The molecule has 0 amide bonds. The Bertz CT molecular complexity index is 378. The summed E-state index contributed by atoms with van der Waals surface area (Å²) in [5, 5.41) is 20.9. The molecule has 2 N–H and O–H groups in total. The number of hydrogen-bond acceptors (Lipinski definition) is 7. The van der Waals surface area contributed by atoms with Gasteiger partial charge in [-0.05, 0) is 12.8 Å². The van der Waals surface area contributed by atoms with Crippen LogP contribution in [0.1, 0.15) is 40.0 Å². The Balaban J connectivity index is 2.05. The summed E-state index contributed by atoms with van der Waals surface area (Å²) in [6, 6.07) is 0. The predicted molar refractivity (Wildman–Crippen MR) is 86.4 cm³/mol. The highest BCUT2D eigenvalue weighted by Crippen LogP contribution is 2.33. The van der Waals surface area contributed by atoms with Gasteiger partial charge < -0.3 is 33.9 Å². The van der Waals surface area contributed by atoms with Crippen LogP contribution in [0.5, 0.6) is 0 Å². The molecular formula is C17H32O7. The highest BCUT2D eigenvalue weighted by molar-refractivity contribution is 4.90. The van der Waals surface area contributed by atoms with Crippen LogP contribution in [0.15, 0.2) is 0 Å². The highest BCUT2D eigenvalue weighted by atomic mass is 16.7. The molecule has 24 heavy (non-hydrogen) atoms. The Kier molecular flexibility index (Phi) is 7.42. The summed E-state index contributed by atoms with van der Waals surface area (Å²) < 4.78 is 28.5. The van der Waals surface area contributed by atoms with Gasteiger partial charge in [0.1, 0.15) is 12.2 Å². The van der Waals surface area contributed by atoms with Crippen molar-refractivity contribution in [2.45, 2.75) is 89.2 Å². The van der Waals surface area contributed by atoms with Crippen molar-refractivity contribution < 1.29 is 33.9 Å². The minimum absolute atomic E-state index is 0.218. The van der Waals surface area contributed by atoms with Crippen molar-refractivity contribution in [2.24, 2.45) is 5.92 Å². The molecule has 2 fully saturated rings. The summed E-state index contributed by atoms with van der Waals surface area (Å²) in [6.07, 6.45) is -2.16. The van der Waals surface area contributed by atoms with Crippen LogP contribution in [0.25, 0.3) is 0 Å². The molecule has 2 heterocycles. The van der Waals surface area contributed by atoms with E-state index < -0.39 is 30.9 Å². The van der Waals surface area contributed by atoms with Crippen molar-refractivity contribution in [1.82, 2.24) is 0 Å². The molecule has 2 aliphatic heterocycles. The Labute approximate surface area is 144 Å². The van der Waals surface area contributed by atoms with Crippen molar-refractivity contribution in [1.29, 1.82) is 0 Å². The molecule has 2 saturated heterocycles. The average Bonchev–Trinajstić information content (AvgIpc) is 2.58. The van der Waals surface area contributed by atoms with Gasteiger partial charge in [-0.15, -0.1) is 0 Å². The molecule has 2 aliphatic rings. The minimum atomic E-state index is -0.727. The first-order valence-electron chi connectivity index (χ1n) is 8.84. The van der Waals surface area contributed by atoms with Crippen molar-refractivity contribution in [3.8, 4) is 0 Å². The third kappa shape index (κ3) is 4.09. The zero-order valence-corrected chi connectivity index (χ0v) is 15.3. The first kappa shape index (κ1) is 20.0. The molecular weight excluding hydrogens is 316 g/mol. The molecule has 0 aromatic heterocycles. The van der Waals surface area contributed by atoms with Gasteiger partial charge in [0.05, 0.1) is 24.4 Å². The lowest BCUT2D eigenvalue weighted by molar-refractivity contribution is -0.327. The van der Waals surface area contributed by atoms with Gasteiger partial charge in [0.25, 0.3) is 0 Å². The molecule has 2 rings (SSSR count). The second-order valence-corrected chi connectivity index (χ2v) is 6.65. The molecule has 9 atom stereocenters. The topological polar surface area (TPSA) is 86.6 Å². The second-order valence-electron chi connectivity index (χ2n) is 6.65. The van der Waals surface area contributed by atoms with E-state index in [-0.39, 0.29) is 24.2 Å². The third-order valence-corrected chi connectivity index (χ3v) is 5.10. The lowest BCUT2D eigenvalue weighted by Gasteiger charge is -2.45. The van der Waals surface area contributed by atoms with Gasteiger partial charge in [-0.3, -0.25) is 0 Å². The maximum atomic E-state index is 10.6.